The molecule has 0 radical (unpaired) electrons. The van der Waals surface area contributed by atoms with Crippen molar-refractivity contribution in [2.24, 2.45) is 0 Å². The van der Waals surface area contributed by atoms with E-state index >= 15 is 0 Å². The largest absolute Gasteiger partial charge is 0.493 e. The summed E-state index contributed by atoms with van der Waals surface area (Å²) in [4.78, 5) is 12.7. The van der Waals surface area contributed by atoms with Crippen LogP contribution in [0.3, 0.4) is 0 Å². The number of methoxy groups -OCH3 is 1. The lowest BCUT2D eigenvalue weighted by atomic mass is 10.0. The SMILES string of the molecule is COc1ccc(C(=O)Nc2ccc3c4c(cccc24)CC3)cc1OC(F)F. The van der Waals surface area contributed by atoms with Gasteiger partial charge < -0.3 is 14.8 Å². The van der Waals surface area contributed by atoms with E-state index in [4.69, 9.17) is 4.74 Å². The van der Waals surface area contributed by atoms with Gasteiger partial charge in [0.1, 0.15) is 0 Å². The van der Waals surface area contributed by atoms with Crippen molar-refractivity contribution in [1.29, 1.82) is 0 Å². The summed E-state index contributed by atoms with van der Waals surface area (Å²) >= 11 is 0. The molecule has 0 bridgehead atoms. The van der Waals surface area contributed by atoms with Crippen LogP contribution >= 0.6 is 0 Å². The number of carbonyl (C=O) groups is 1. The Morgan fingerprint density at radius 1 is 1.04 bits per heavy atom. The number of hydrogen-bond acceptors (Lipinski definition) is 3. The molecule has 0 unspecified atom stereocenters. The molecule has 0 aliphatic heterocycles. The van der Waals surface area contributed by atoms with E-state index < -0.39 is 12.5 Å². The van der Waals surface area contributed by atoms with E-state index in [0.29, 0.717) is 5.69 Å². The average molecular weight is 369 g/mol. The van der Waals surface area contributed by atoms with Crippen LogP contribution < -0.4 is 14.8 Å². The van der Waals surface area contributed by atoms with Gasteiger partial charge in [0, 0.05) is 16.6 Å². The van der Waals surface area contributed by atoms with Crippen LogP contribution in [0.2, 0.25) is 0 Å². The predicted molar refractivity (Wildman–Crippen MR) is 98.9 cm³/mol. The third kappa shape index (κ3) is 3.18. The zero-order valence-corrected chi connectivity index (χ0v) is 14.6. The van der Waals surface area contributed by atoms with Gasteiger partial charge in [-0.3, -0.25) is 4.79 Å². The van der Waals surface area contributed by atoms with E-state index in [1.54, 1.807) is 0 Å². The van der Waals surface area contributed by atoms with E-state index in [1.807, 2.05) is 24.3 Å². The van der Waals surface area contributed by atoms with E-state index in [-0.39, 0.29) is 17.1 Å². The first-order valence-corrected chi connectivity index (χ1v) is 8.54. The normalized spacial score (nSPS) is 12.4. The Kier molecular flexibility index (Phi) is 4.39. The van der Waals surface area contributed by atoms with Crippen LogP contribution in [0.15, 0.2) is 48.5 Å². The Bertz CT molecular complexity index is 1020. The number of benzene rings is 3. The first-order chi connectivity index (χ1) is 13.1. The number of anilines is 1. The fourth-order valence-corrected chi connectivity index (χ4v) is 3.56. The van der Waals surface area contributed by atoms with Gasteiger partial charge in [0.05, 0.1) is 7.11 Å². The van der Waals surface area contributed by atoms with Gasteiger partial charge in [-0.15, -0.1) is 0 Å². The highest BCUT2D eigenvalue weighted by Crippen LogP contribution is 2.35. The summed E-state index contributed by atoms with van der Waals surface area (Å²) in [6.07, 6.45) is 1.99. The number of carbonyl (C=O) groups excluding carboxylic acids is 1. The van der Waals surface area contributed by atoms with Gasteiger partial charge in [0.2, 0.25) is 0 Å². The minimum Gasteiger partial charge on any atom is -0.493 e. The molecule has 1 aliphatic carbocycles. The summed E-state index contributed by atoms with van der Waals surface area (Å²) < 4.78 is 34.6. The van der Waals surface area contributed by atoms with Crippen molar-refractivity contribution in [2.75, 3.05) is 12.4 Å². The molecule has 3 aromatic carbocycles. The summed E-state index contributed by atoms with van der Waals surface area (Å²) in [6.45, 7) is -3.01. The maximum Gasteiger partial charge on any atom is 0.387 e. The molecule has 1 N–H and O–H groups in total. The van der Waals surface area contributed by atoms with Gasteiger partial charge in [-0.05, 0) is 53.6 Å². The van der Waals surface area contributed by atoms with E-state index in [1.165, 1.54) is 41.8 Å². The van der Waals surface area contributed by atoms with Gasteiger partial charge in [-0.2, -0.15) is 8.78 Å². The second-order valence-corrected chi connectivity index (χ2v) is 6.31. The van der Waals surface area contributed by atoms with Crippen LogP contribution in [-0.4, -0.2) is 19.6 Å². The van der Waals surface area contributed by atoms with Gasteiger partial charge in [-0.1, -0.05) is 24.3 Å². The number of hydrogen-bond donors (Lipinski definition) is 1. The van der Waals surface area contributed by atoms with Crippen LogP contribution in [0.5, 0.6) is 11.5 Å². The van der Waals surface area contributed by atoms with Gasteiger partial charge in [0.15, 0.2) is 11.5 Å². The van der Waals surface area contributed by atoms with Gasteiger partial charge in [-0.25, -0.2) is 0 Å². The van der Waals surface area contributed by atoms with Crippen molar-refractivity contribution in [2.45, 2.75) is 19.5 Å². The van der Waals surface area contributed by atoms with Crippen LogP contribution in [0.4, 0.5) is 14.5 Å². The molecule has 0 saturated heterocycles. The van der Waals surface area contributed by atoms with Gasteiger partial charge in [0.25, 0.3) is 5.91 Å². The Balaban J connectivity index is 1.66. The third-order valence-corrected chi connectivity index (χ3v) is 4.77. The third-order valence-electron chi connectivity index (χ3n) is 4.77. The zero-order chi connectivity index (χ0) is 19.0. The van der Waals surface area contributed by atoms with Crippen molar-refractivity contribution < 1.29 is 23.0 Å². The molecule has 0 atom stereocenters. The molecule has 4 rings (SSSR count). The Morgan fingerprint density at radius 2 is 1.81 bits per heavy atom. The summed E-state index contributed by atoms with van der Waals surface area (Å²) in [5, 5.41) is 5.05. The molecule has 138 valence electrons. The Hall–Kier alpha value is -3.15. The Labute approximate surface area is 154 Å². The Morgan fingerprint density at radius 3 is 2.56 bits per heavy atom. The lowest BCUT2D eigenvalue weighted by Crippen LogP contribution is -2.13. The van der Waals surface area contributed by atoms with E-state index in [2.05, 4.69) is 16.1 Å². The van der Waals surface area contributed by atoms with Crippen LogP contribution in [0.25, 0.3) is 10.8 Å². The minimum absolute atomic E-state index is 0.136. The minimum atomic E-state index is -3.01. The van der Waals surface area contributed by atoms with E-state index in [9.17, 15) is 13.6 Å². The maximum atomic E-state index is 12.7. The first kappa shape index (κ1) is 17.3. The molecule has 0 heterocycles. The molecule has 1 aliphatic rings. The average Bonchev–Trinajstić information content (AvgIpc) is 3.08. The monoisotopic (exact) mass is 369 g/mol. The van der Waals surface area contributed by atoms with Crippen LogP contribution in [-0.2, 0) is 12.8 Å². The van der Waals surface area contributed by atoms with Gasteiger partial charge >= 0.3 is 6.61 Å². The highest BCUT2D eigenvalue weighted by molar-refractivity contribution is 6.10. The molecule has 6 heteroatoms. The smallest absolute Gasteiger partial charge is 0.387 e. The number of amides is 1. The number of rotatable bonds is 5. The summed E-state index contributed by atoms with van der Waals surface area (Å²) in [6, 6.07) is 14.1. The highest BCUT2D eigenvalue weighted by Gasteiger charge is 2.18. The molecule has 0 fully saturated rings. The fourth-order valence-electron chi connectivity index (χ4n) is 3.56. The second-order valence-electron chi connectivity index (χ2n) is 6.31. The molecule has 3 aromatic rings. The first-order valence-electron chi connectivity index (χ1n) is 8.54. The van der Waals surface area contributed by atoms with Crippen molar-refractivity contribution in [3.05, 3.63) is 65.2 Å². The highest BCUT2D eigenvalue weighted by atomic mass is 19.3. The van der Waals surface area contributed by atoms with Crippen molar-refractivity contribution in [3.8, 4) is 11.5 Å². The topological polar surface area (TPSA) is 47.6 Å². The standard InChI is InChI=1S/C21H17F2NO3/c1-26-17-10-8-14(11-18(17)27-21(22)23)20(25)24-16-9-7-13-6-5-12-3-2-4-15(16)19(12)13/h2-4,7-11,21H,5-6H2,1H3,(H,24,25). The number of halogens is 2. The molecule has 0 aromatic heterocycles. The lowest BCUT2D eigenvalue weighted by Gasteiger charge is -2.13. The summed E-state index contributed by atoms with van der Waals surface area (Å²) in [5.74, 6) is -0.451. The summed E-state index contributed by atoms with van der Waals surface area (Å²) in [5.41, 5.74) is 3.44. The van der Waals surface area contributed by atoms with Crippen molar-refractivity contribution in [1.82, 2.24) is 0 Å². The second kappa shape index (κ2) is 6.87. The molecule has 27 heavy (non-hydrogen) atoms. The molecular weight excluding hydrogens is 352 g/mol. The number of alkyl halides is 2. The molecule has 4 nitrogen and oxygen atoms in total. The molecule has 0 saturated carbocycles. The number of nitrogens with one attached hydrogen (secondary N) is 1. The number of aryl methyl sites for hydroxylation is 2. The van der Waals surface area contributed by atoms with Crippen molar-refractivity contribution in [3.63, 3.8) is 0 Å². The predicted octanol–water partition coefficient (Wildman–Crippen LogP) is 4.80. The molecular formula is C21H17F2NO3. The zero-order valence-electron chi connectivity index (χ0n) is 14.6. The molecule has 1 amide bonds. The van der Waals surface area contributed by atoms with Crippen molar-refractivity contribution >= 4 is 22.4 Å². The van der Waals surface area contributed by atoms with E-state index in [0.717, 1.165) is 18.2 Å². The number of ether oxygens (including phenoxy) is 2. The quantitative estimate of drug-likeness (QED) is 0.703. The molecule has 0 spiro atoms. The fraction of sp³-hybridized carbons (Fsp3) is 0.190. The summed E-state index contributed by atoms with van der Waals surface area (Å²) in [7, 11) is 1.35. The van der Waals surface area contributed by atoms with Crippen LogP contribution in [0.1, 0.15) is 21.5 Å². The van der Waals surface area contributed by atoms with Crippen LogP contribution in [0, 0.1) is 0 Å². The lowest BCUT2D eigenvalue weighted by molar-refractivity contribution is -0.0512. The maximum absolute atomic E-state index is 12.7.